The summed E-state index contributed by atoms with van der Waals surface area (Å²) in [6.07, 6.45) is 2.99. The average Bonchev–Trinajstić information content (AvgIpc) is 2.69. The molecule has 0 heterocycles. The SMILES string of the molecule is CSCCC(NC(=O)C(N)CCCN=C(N)N)C(=O)NCC(=O)NC(CS)C(=O)O. The monoisotopic (exact) mass is 465 g/mol. The molecular weight excluding hydrogens is 434 g/mol. The van der Waals surface area contributed by atoms with Crippen molar-refractivity contribution >= 4 is 54.0 Å². The fourth-order valence-electron chi connectivity index (χ4n) is 2.16. The summed E-state index contributed by atoms with van der Waals surface area (Å²) in [5.41, 5.74) is 16.3. The molecule has 0 aromatic rings. The van der Waals surface area contributed by atoms with Gasteiger partial charge in [0.05, 0.1) is 12.6 Å². The summed E-state index contributed by atoms with van der Waals surface area (Å²) >= 11 is 5.33. The Morgan fingerprint density at radius 1 is 1.10 bits per heavy atom. The van der Waals surface area contributed by atoms with Gasteiger partial charge in [-0.2, -0.15) is 24.4 Å². The first kappa shape index (κ1) is 27.8. The zero-order valence-corrected chi connectivity index (χ0v) is 18.5. The van der Waals surface area contributed by atoms with Gasteiger partial charge >= 0.3 is 5.97 Å². The van der Waals surface area contributed by atoms with Crippen molar-refractivity contribution in [3.63, 3.8) is 0 Å². The number of carboxylic acid groups (broad SMARTS) is 1. The molecule has 0 aliphatic heterocycles. The van der Waals surface area contributed by atoms with Crippen molar-refractivity contribution in [2.75, 3.05) is 30.9 Å². The molecule has 0 fully saturated rings. The number of thioether (sulfide) groups is 1. The maximum Gasteiger partial charge on any atom is 0.327 e. The van der Waals surface area contributed by atoms with Crippen LogP contribution in [0.2, 0.25) is 0 Å². The van der Waals surface area contributed by atoms with E-state index in [4.69, 9.17) is 22.3 Å². The summed E-state index contributed by atoms with van der Waals surface area (Å²) in [5.74, 6) is -2.55. The number of nitrogens with two attached hydrogens (primary N) is 3. The highest BCUT2D eigenvalue weighted by atomic mass is 32.2. The molecule has 0 saturated carbocycles. The number of nitrogens with zero attached hydrogens (tertiary/aromatic N) is 1. The number of aliphatic carboxylic acids is 1. The zero-order chi connectivity index (χ0) is 23.1. The number of nitrogens with one attached hydrogen (secondary N) is 3. The molecule has 3 amide bonds. The molecule has 0 spiro atoms. The van der Waals surface area contributed by atoms with Gasteiger partial charge in [-0.1, -0.05) is 0 Å². The molecule has 0 aliphatic carbocycles. The average molecular weight is 466 g/mol. The van der Waals surface area contributed by atoms with Crippen LogP contribution < -0.4 is 33.2 Å². The second-order valence-corrected chi connectivity index (χ2v) is 7.61. The number of hydrogen-bond acceptors (Lipinski definition) is 8. The summed E-state index contributed by atoms with van der Waals surface area (Å²) in [6, 6.07) is -2.90. The van der Waals surface area contributed by atoms with Crippen molar-refractivity contribution < 1.29 is 24.3 Å². The molecule has 12 nitrogen and oxygen atoms in total. The summed E-state index contributed by atoms with van der Waals surface area (Å²) in [4.78, 5) is 51.2. The quantitative estimate of drug-likeness (QED) is 0.0542. The van der Waals surface area contributed by atoms with Crippen LogP contribution >= 0.6 is 24.4 Å². The van der Waals surface area contributed by atoms with Crippen molar-refractivity contribution in [2.24, 2.45) is 22.2 Å². The lowest BCUT2D eigenvalue weighted by Gasteiger charge is -2.20. The number of rotatable bonds is 15. The smallest absolute Gasteiger partial charge is 0.327 e. The first-order valence-corrected chi connectivity index (χ1v) is 11.2. The maximum absolute atomic E-state index is 12.4. The number of thiol groups is 1. The summed E-state index contributed by atoms with van der Waals surface area (Å²) in [7, 11) is 0. The predicted molar refractivity (Wildman–Crippen MR) is 119 cm³/mol. The van der Waals surface area contributed by atoms with Gasteiger partial charge in [0, 0.05) is 12.3 Å². The van der Waals surface area contributed by atoms with Gasteiger partial charge in [-0.05, 0) is 31.3 Å². The Balaban J connectivity index is 4.68. The fourth-order valence-corrected chi connectivity index (χ4v) is 2.87. The van der Waals surface area contributed by atoms with E-state index in [1.807, 2.05) is 6.26 Å². The van der Waals surface area contributed by atoms with Gasteiger partial charge in [0.15, 0.2) is 5.96 Å². The second kappa shape index (κ2) is 15.6. The van der Waals surface area contributed by atoms with E-state index in [1.165, 1.54) is 11.8 Å². The molecule has 0 aromatic carbocycles. The minimum atomic E-state index is -1.23. The van der Waals surface area contributed by atoms with E-state index in [1.54, 1.807) is 0 Å². The van der Waals surface area contributed by atoms with Crippen molar-refractivity contribution in [3.8, 4) is 0 Å². The van der Waals surface area contributed by atoms with Gasteiger partial charge in [-0.25, -0.2) is 4.79 Å². The third-order valence-electron chi connectivity index (χ3n) is 3.79. The highest BCUT2D eigenvalue weighted by molar-refractivity contribution is 7.98. The summed E-state index contributed by atoms with van der Waals surface area (Å²) in [6.45, 7) is -0.106. The van der Waals surface area contributed by atoms with Gasteiger partial charge in [0.25, 0.3) is 0 Å². The fraction of sp³-hybridized carbons (Fsp3) is 0.688. The van der Waals surface area contributed by atoms with E-state index in [0.717, 1.165) is 0 Å². The molecule has 0 saturated heterocycles. The van der Waals surface area contributed by atoms with Crippen LogP contribution in [-0.2, 0) is 19.2 Å². The van der Waals surface area contributed by atoms with Crippen LogP contribution in [0, 0.1) is 0 Å². The largest absolute Gasteiger partial charge is 0.480 e. The van der Waals surface area contributed by atoms with Crippen LogP contribution in [0.15, 0.2) is 4.99 Å². The van der Waals surface area contributed by atoms with Crippen LogP contribution in [-0.4, -0.2) is 83.7 Å². The first-order chi connectivity index (χ1) is 14.1. The highest BCUT2D eigenvalue weighted by Crippen LogP contribution is 2.03. The number of carbonyl (C=O) groups excluding carboxylic acids is 3. The number of hydrogen-bond donors (Lipinski definition) is 8. The predicted octanol–water partition coefficient (Wildman–Crippen LogP) is -2.78. The normalized spacial score (nSPS) is 13.4. The van der Waals surface area contributed by atoms with E-state index in [0.29, 0.717) is 31.6 Å². The number of carbonyl (C=O) groups is 4. The Kier molecular flexibility index (Phi) is 14.5. The number of carboxylic acids is 1. The molecule has 0 aliphatic rings. The molecule has 14 heteroatoms. The lowest BCUT2D eigenvalue weighted by molar-refractivity contribution is -0.141. The second-order valence-electron chi connectivity index (χ2n) is 6.26. The van der Waals surface area contributed by atoms with Gasteiger partial charge < -0.3 is 38.3 Å². The van der Waals surface area contributed by atoms with Crippen molar-refractivity contribution in [1.29, 1.82) is 0 Å². The standard InChI is InChI=1S/C16H31N7O5S2/c1-30-6-4-10(23-13(25)9(17)3-2-5-20-16(18)19)14(26)21-7-12(24)22-11(8-29)15(27)28/h9-11,29H,2-8,17H2,1H3,(H,21,26)(H,22,24)(H,23,25)(H,27,28)(H4,18,19,20). The molecule has 0 radical (unpaired) electrons. The van der Waals surface area contributed by atoms with Crippen LogP contribution in [0.5, 0.6) is 0 Å². The number of guanidine groups is 1. The van der Waals surface area contributed by atoms with E-state index < -0.39 is 48.4 Å². The summed E-state index contributed by atoms with van der Waals surface area (Å²) < 4.78 is 0. The zero-order valence-electron chi connectivity index (χ0n) is 16.8. The van der Waals surface area contributed by atoms with E-state index in [-0.39, 0.29) is 11.7 Å². The molecule has 10 N–H and O–H groups in total. The third-order valence-corrected chi connectivity index (χ3v) is 4.80. The van der Waals surface area contributed by atoms with Crippen molar-refractivity contribution in [3.05, 3.63) is 0 Å². The number of aliphatic imine (C=N–C) groups is 1. The molecule has 3 atom stereocenters. The number of amides is 3. The Labute approximate surface area is 184 Å². The lowest BCUT2D eigenvalue weighted by Crippen LogP contribution is -2.53. The van der Waals surface area contributed by atoms with E-state index >= 15 is 0 Å². The molecule has 3 unspecified atom stereocenters. The van der Waals surface area contributed by atoms with Crippen LogP contribution in [0.25, 0.3) is 0 Å². The van der Waals surface area contributed by atoms with Gasteiger partial charge in [0.1, 0.15) is 12.1 Å². The van der Waals surface area contributed by atoms with Gasteiger partial charge in [-0.15, -0.1) is 0 Å². The third kappa shape index (κ3) is 12.4. The van der Waals surface area contributed by atoms with E-state index in [9.17, 15) is 19.2 Å². The minimum Gasteiger partial charge on any atom is -0.480 e. The molecule has 0 aromatic heterocycles. The summed E-state index contributed by atoms with van der Waals surface area (Å²) in [5, 5.41) is 16.1. The molecule has 0 bridgehead atoms. The molecular formula is C16H31N7O5S2. The molecule has 30 heavy (non-hydrogen) atoms. The van der Waals surface area contributed by atoms with E-state index in [2.05, 4.69) is 33.6 Å². The minimum absolute atomic E-state index is 0.0464. The Morgan fingerprint density at radius 2 is 1.77 bits per heavy atom. The van der Waals surface area contributed by atoms with Crippen LogP contribution in [0.4, 0.5) is 0 Å². The lowest BCUT2D eigenvalue weighted by atomic mass is 10.1. The van der Waals surface area contributed by atoms with Gasteiger partial charge in [0.2, 0.25) is 17.7 Å². The highest BCUT2D eigenvalue weighted by Gasteiger charge is 2.24. The Bertz CT molecular complexity index is 617. The van der Waals surface area contributed by atoms with Crippen molar-refractivity contribution in [1.82, 2.24) is 16.0 Å². The van der Waals surface area contributed by atoms with Crippen LogP contribution in [0.3, 0.4) is 0 Å². The first-order valence-electron chi connectivity index (χ1n) is 9.13. The van der Waals surface area contributed by atoms with Gasteiger partial charge in [-0.3, -0.25) is 19.4 Å². The van der Waals surface area contributed by atoms with Crippen molar-refractivity contribution in [2.45, 2.75) is 37.4 Å². The molecule has 172 valence electrons. The molecule has 0 rings (SSSR count). The Morgan fingerprint density at radius 3 is 2.30 bits per heavy atom. The maximum atomic E-state index is 12.4. The van der Waals surface area contributed by atoms with Crippen LogP contribution in [0.1, 0.15) is 19.3 Å². The topological polar surface area (TPSA) is 215 Å². The Hall–Kier alpha value is -2.19.